The van der Waals surface area contributed by atoms with Crippen LogP contribution < -0.4 is 5.73 Å². The molecule has 2 unspecified atom stereocenters. The fourth-order valence-corrected chi connectivity index (χ4v) is 0.393. The Labute approximate surface area is 50.6 Å². The zero-order chi connectivity index (χ0) is 7.44. The standard InChI is InChI=1S/C2H3FNO4P/c3-1(2(4)5)8-9(6)7/h1H,(H2-,4,5,6,7)/p+1. The van der Waals surface area contributed by atoms with Crippen LogP contribution >= 0.6 is 8.25 Å². The third-order valence-electron chi connectivity index (χ3n) is 0.406. The van der Waals surface area contributed by atoms with Crippen molar-refractivity contribution >= 4 is 14.2 Å². The van der Waals surface area contributed by atoms with E-state index in [4.69, 9.17) is 4.89 Å². The van der Waals surface area contributed by atoms with Crippen LogP contribution in [0.15, 0.2) is 0 Å². The van der Waals surface area contributed by atoms with E-state index in [-0.39, 0.29) is 0 Å². The molecule has 0 aromatic rings. The van der Waals surface area contributed by atoms with Gasteiger partial charge in [0.05, 0.1) is 0 Å². The highest BCUT2D eigenvalue weighted by Crippen LogP contribution is 2.17. The van der Waals surface area contributed by atoms with Gasteiger partial charge in [-0.2, -0.15) is 4.39 Å². The van der Waals surface area contributed by atoms with Crippen molar-refractivity contribution in [2.24, 2.45) is 5.73 Å². The van der Waals surface area contributed by atoms with Crippen LogP contribution in [0.25, 0.3) is 0 Å². The number of hydrogen-bond acceptors (Lipinski definition) is 3. The van der Waals surface area contributed by atoms with Crippen molar-refractivity contribution in [2.75, 3.05) is 0 Å². The van der Waals surface area contributed by atoms with Gasteiger partial charge < -0.3 is 5.73 Å². The molecule has 0 heterocycles. The predicted octanol–water partition coefficient (Wildman–Crippen LogP) is -0.566. The summed E-state index contributed by atoms with van der Waals surface area (Å²) in [7, 11) is -3.10. The number of hydrogen-bond donors (Lipinski definition) is 2. The highest BCUT2D eigenvalue weighted by Gasteiger charge is 2.26. The molecule has 0 rings (SSSR count). The van der Waals surface area contributed by atoms with Crippen LogP contribution in [0.4, 0.5) is 4.39 Å². The molecule has 0 aromatic carbocycles. The number of carbonyl (C=O) groups is 1. The van der Waals surface area contributed by atoms with Crippen molar-refractivity contribution in [3.05, 3.63) is 0 Å². The molecular weight excluding hydrogens is 152 g/mol. The summed E-state index contributed by atoms with van der Waals surface area (Å²) in [6.07, 6.45) is -2.50. The Morgan fingerprint density at radius 2 is 2.33 bits per heavy atom. The van der Waals surface area contributed by atoms with E-state index in [1.165, 1.54) is 0 Å². The van der Waals surface area contributed by atoms with Gasteiger partial charge in [0, 0.05) is 4.57 Å². The fourth-order valence-electron chi connectivity index (χ4n) is 0.131. The second kappa shape index (κ2) is 3.45. The molecule has 1 amide bonds. The van der Waals surface area contributed by atoms with Gasteiger partial charge in [-0.25, -0.2) is 0 Å². The molecule has 0 aliphatic rings. The molecule has 2 atom stereocenters. The van der Waals surface area contributed by atoms with Gasteiger partial charge in [0.2, 0.25) is 0 Å². The number of rotatable bonds is 3. The third kappa shape index (κ3) is 3.96. The summed E-state index contributed by atoms with van der Waals surface area (Å²) in [4.78, 5) is 17.5. The number of alkyl halides is 1. The van der Waals surface area contributed by atoms with Crippen molar-refractivity contribution in [2.45, 2.75) is 6.36 Å². The van der Waals surface area contributed by atoms with E-state index in [9.17, 15) is 13.8 Å². The molecular formula is C2H4FNO4P+. The molecule has 0 radical (unpaired) electrons. The monoisotopic (exact) mass is 156 g/mol. The molecule has 0 aliphatic carbocycles. The molecule has 0 bridgehead atoms. The molecule has 0 aromatic heterocycles. The minimum atomic E-state index is -3.10. The normalized spacial score (nSPS) is 14.7. The van der Waals surface area contributed by atoms with Crippen LogP contribution in [0.3, 0.4) is 0 Å². The zero-order valence-corrected chi connectivity index (χ0v) is 5.05. The van der Waals surface area contributed by atoms with Crippen molar-refractivity contribution in [1.29, 1.82) is 0 Å². The van der Waals surface area contributed by atoms with Crippen molar-refractivity contribution in [1.82, 2.24) is 0 Å². The molecule has 9 heavy (non-hydrogen) atoms. The smallest absolute Gasteiger partial charge is 0.365 e. The molecule has 0 saturated carbocycles. The Morgan fingerprint density at radius 1 is 1.89 bits per heavy atom. The van der Waals surface area contributed by atoms with Gasteiger partial charge in [0.1, 0.15) is 0 Å². The average Bonchev–Trinajstić information content (AvgIpc) is 1.63. The predicted molar refractivity (Wildman–Crippen MR) is 25.0 cm³/mol. The van der Waals surface area contributed by atoms with Crippen LogP contribution in [0.5, 0.6) is 0 Å². The maximum atomic E-state index is 11.7. The van der Waals surface area contributed by atoms with E-state index in [0.717, 1.165) is 0 Å². The summed E-state index contributed by atoms with van der Waals surface area (Å²) in [5.41, 5.74) is 4.31. The lowest BCUT2D eigenvalue weighted by molar-refractivity contribution is -0.132. The van der Waals surface area contributed by atoms with E-state index in [1.54, 1.807) is 0 Å². The van der Waals surface area contributed by atoms with Gasteiger partial charge in [-0.3, -0.25) is 4.79 Å². The maximum absolute atomic E-state index is 11.7. The third-order valence-corrected chi connectivity index (χ3v) is 0.772. The minimum Gasteiger partial charge on any atom is -0.365 e. The summed E-state index contributed by atoms with van der Waals surface area (Å²) in [5, 5.41) is 0. The first-order valence-electron chi connectivity index (χ1n) is 1.80. The van der Waals surface area contributed by atoms with Gasteiger partial charge in [-0.05, 0) is 0 Å². The molecule has 0 saturated heterocycles. The minimum absolute atomic E-state index is 1.42. The van der Waals surface area contributed by atoms with Crippen LogP contribution in [-0.4, -0.2) is 17.2 Å². The highest BCUT2D eigenvalue weighted by atomic mass is 31.1. The summed E-state index contributed by atoms with van der Waals surface area (Å²) >= 11 is 0. The van der Waals surface area contributed by atoms with E-state index >= 15 is 0 Å². The van der Waals surface area contributed by atoms with E-state index < -0.39 is 20.5 Å². The van der Waals surface area contributed by atoms with Crippen LogP contribution in [0, 0.1) is 0 Å². The second-order valence-electron chi connectivity index (χ2n) is 1.06. The summed E-state index contributed by atoms with van der Waals surface area (Å²) < 4.78 is 24.8. The van der Waals surface area contributed by atoms with Crippen LogP contribution in [-0.2, 0) is 13.9 Å². The summed E-state index contributed by atoms with van der Waals surface area (Å²) in [5.74, 6) is -1.42. The molecule has 7 heteroatoms. The molecule has 3 N–H and O–H groups in total. The number of amides is 1. The van der Waals surface area contributed by atoms with Crippen LogP contribution in [0.2, 0.25) is 0 Å². The van der Waals surface area contributed by atoms with Gasteiger partial charge in [0.15, 0.2) is 0 Å². The van der Waals surface area contributed by atoms with Crippen LogP contribution in [0.1, 0.15) is 0 Å². The highest BCUT2D eigenvalue weighted by molar-refractivity contribution is 7.32. The molecule has 0 aliphatic heterocycles. The topological polar surface area (TPSA) is 89.6 Å². The van der Waals surface area contributed by atoms with Crippen molar-refractivity contribution in [3.63, 3.8) is 0 Å². The molecule has 0 fully saturated rings. The summed E-state index contributed by atoms with van der Waals surface area (Å²) in [6, 6.07) is 0. The number of carbonyl (C=O) groups excluding carboxylic acids is 1. The number of halogens is 1. The first-order valence-corrected chi connectivity index (χ1v) is 2.93. The quantitative estimate of drug-likeness (QED) is 0.535. The van der Waals surface area contributed by atoms with Gasteiger partial charge >= 0.3 is 14.6 Å². The van der Waals surface area contributed by atoms with E-state index in [1.807, 2.05) is 0 Å². The first kappa shape index (κ1) is 8.42. The Bertz CT molecular complexity index is 139. The Balaban J connectivity index is 3.63. The lowest BCUT2D eigenvalue weighted by Gasteiger charge is -1.89. The molecule has 5 nitrogen and oxygen atoms in total. The lowest BCUT2D eigenvalue weighted by atomic mass is 10.7. The van der Waals surface area contributed by atoms with Gasteiger partial charge in [-0.1, -0.05) is 4.52 Å². The van der Waals surface area contributed by atoms with E-state index in [0.29, 0.717) is 0 Å². The maximum Gasteiger partial charge on any atom is 0.698 e. The summed E-state index contributed by atoms with van der Waals surface area (Å²) in [6.45, 7) is 0. The SMILES string of the molecule is NC(=O)C(F)O[P+](=O)O. The second-order valence-corrected chi connectivity index (χ2v) is 1.75. The van der Waals surface area contributed by atoms with Crippen molar-refractivity contribution in [3.8, 4) is 0 Å². The zero-order valence-electron chi connectivity index (χ0n) is 4.15. The number of primary amides is 1. The Morgan fingerprint density at radius 3 is 2.44 bits per heavy atom. The average molecular weight is 156 g/mol. The van der Waals surface area contributed by atoms with Gasteiger partial charge in [0.25, 0.3) is 5.91 Å². The van der Waals surface area contributed by atoms with E-state index in [2.05, 4.69) is 10.3 Å². The largest absolute Gasteiger partial charge is 0.698 e. The fraction of sp³-hybridized carbons (Fsp3) is 0.500. The Hall–Kier alpha value is -0.580. The number of nitrogens with two attached hydrogens (primary N) is 1. The molecule has 52 valence electrons. The lowest BCUT2D eigenvalue weighted by Crippen LogP contribution is -2.24. The Kier molecular flexibility index (Phi) is 3.22. The molecule has 0 spiro atoms. The van der Waals surface area contributed by atoms with Gasteiger partial charge in [-0.15, -0.1) is 4.89 Å². The first-order chi connectivity index (χ1) is 4.04. The van der Waals surface area contributed by atoms with Crippen molar-refractivity contribution < 1.29 is 23.2 Å².